The maximum Gasteiger partial charge on any atom is 0.229 e. The average Bonchev–Trinajstić information content (AvgIpc) is 2.55. The van der Waals surface area contributed by atoms with E-state index in [0.29, 0.717) is 29.1 Å². The van der Waals surface area contributed by atoms with Crippen LogP contribution in [0.4, 0.5) is 17.5 Å². The predicted molar refractivity (Wildman–Crippen MR) is 98.3 cm³/mol. The second-order valence-electron chi connectivity index (χ2n) is 5.08. The van der Waals surface area contributed by atoms with E-state index in [4.69, 9.17) is 23.2 Å². The molecule has 0 radical (unpaired) electrons. The third kappa shape index (κ3) is 5.25. The summed E-state index contributed by atoms with van der Waals surface area (Å²) < 4.78 is 0. The standard InChI is InChI=1S/C16H19Cl2N5O/c1-3-11-9-21-16(22-12-4-5-13(17)14(18)8-12)23-15(11)20-7-6-19-10(2)24/h4-5,8-9H,3,6-7H2,1-2H3,(H,19,24)(H2,20,21,22,23). The van der Waals surface area contributed by atoms with Crippen LogP contribution in [0.3, 0.4) is 0 Å². The molecule has 1 heterocycles. The zero-order valence-corrected chi connectivity index (χ0v) is 15.0. The van der Waals surface area contributed by atoms with E-state index >= 15 is 0 Å². The van der Waals surface area contributed by atoms with Gasteiger partial charge >= 0.3 is 0 Å². The van der Waals surface area contributed by atoms with Gasteiger partial charge in [0.15, 0.2) is 0 Å². The van der Waals surface area contributed by atoms with Crippen molar-refractivity contribution in [1.82, 2.24) is 15.3 Å². The number of anilines is 3. The van der Waals surface area contributed by atoms with Crippen molar-refractivity contribution >= 4 is 46.6 Å². The molecule has 0 aliphatic heterocycles. The van der Waals surface area contributed by atoms with Gasteiger partial charge in [-0.15, -0.1) is 0 Å². The number of halogens is 2. The molecule has 2 rings (SSSR count). The molecule has 0 unspecified atom stereocenters. The van der Waals surface area contributed by atoms with E-state index in [1.54, 1.807) is 24.4 Å². The van der Waals surface area contributed by atoms with E-state index in [1.165, 1.54) is 6.92 Å². The summed E-state index contributed by atoms with van der Waals surface area (Å²) in [7, 11) is 0. The van der Waals surface area contributed by atoms with Crippen LogP contribution in [0.2, 0.25) is 10.0 Å². The Morgan fingerprint density at radius 2 is 2.00 bits per heavy atom. The van der Waals surface area contributed by atoms with E-state index in [9.17, 15) is 4.79 Å². The molecule has 3 N–H and O–H groups in total. The van der Waals surface area contributed by atoms with Gasteiger partial charge in [-0.2, -0.15) is 4.98 Å². The SMILES string of the molecule is CCc1cnc(Nc2ccc(Cl)c(Cl)c2)nc1NCCNC(C)=O. The van der Waals surface area contributed by atoms with Crippen molar-refractivity contribution in [2.45, 2.75) is 20.3 Å². The lowest BCUT2D eigenvalue weighted by atomic mass is 10.2. The minimum absolute atomic E-state index is 0.0582. The van der Waals surface area contributed by atoms with Gasteiger partial charge in [0, 0.05) is 37.5 Å². The highest BCUT2D eigenvalue weighted by molar-refractivity contribution is 6.42. The number of hydrogen-bond acceptors (Lipinski definition) is 5. The fourth-order valence-electron chi connectivity index (χ4n) is 2.00. The van der Waals surface area contributed by atoms with Gasteiger partial charge in [-0.05, 0) is 24.6 Å². The molecule has 0 aliphatic rings. The largest absolute Gasteiger partial charge is 0.368 e. The molecule has 0 spiro atoms. The van der Waals surface area contributed by atoms with Crippen LogP contribution in [0.1, 0.15) is 19.4 Å². The van der Waals surface area contributed by atoms with Gasteiger partial charge in [0.25, 0.3) is 0 Å². The Hall–Kier alpha value is -2.05. The van der Waals surface area contributed by atoms with Gasteiger partial charge in [0.2, 0.25) is 11.9 Å². The fraction of sp³-hybridized carbons (Fsp3) is 0.312. The van der Waals surface area contributed by atoms with Crippen LogP contribution in [0.15, 0.2) is 24.4 Å². The number of hydrogen-bond donors (Lipinski definition) is 3. The summed E-state index contributed by atoms with van der Waals surface area (Å²) in [6.07, 6.45) is 2.57. The normalized spacial score (nSPS) is 10.3. The van der Waals surface area contributed by atoms with Crippen molar-refractivity contribution in [3.8, 4) is 0 Å². The van der Waals surface area contributed by atoms with Gasteiger partial charge in [0.05, 0.1) is 10.0 Å². The van der Waals surface area contributed by atoms with E-state index in [0.717, 1.165) is 23.5 Å². The van der Waals surface area contributed by atoms with Gasteiger partial charge in [-0.25, -0.2) is 4.98 Å². The molecule has 0 saturated carbocycles. The second kappa shape index (κ2) is 8.70. The zero-order valence-electron chi connectivity index (χ0n) is 13.5. The minimum Gasteiger partial charge on any atom is -0.368 e. The molecule has 0 fully saturated rings. The summed E-state index contributed by atoms with van der Waals surface area (Å²) in [6, 6.07) is 5.22. The summed E-state index contributed by atoms with van der Waals surface area (Å²) >= 11 is 11.9. The van der Waals surface area contributed by atoms with E-state index in [2.05, 4.69) is 25.9 Å². The molecular weight excluding hydrogens is 349 g/mol. The Labute approximate surface area is 151 Å². The highest BCUT2D eigenvalue weighted by Crippen LogP contribution is 2.26. The lowest BCUT2D eigenvalue weighted by Gasteiger charge is -2.12. The van der Waals surface area contributed by atoms with Crippen LogP contribution in [-0.2, 0) is 11.2 Å². The van der Waals surface area contributed by atoms with Crippen molar-refractivity contribution < 1.29 is 4.79 Å². The Bertz CT molecular complexity index is 724. The van der Waals surface area contributed by atoms with Crippen molar-refractivity contribution in [3.05, 3.63) is 40.0 Å². The fourth-order valence-corrected chi connectivity index (χ4v) is 2.30. The van der Waals surface area contributed by atoms with Crippen LogP contribution >= 0.6 is 23.2 Å². The highest BCUT2D eigenvalue weighted by atomic mass is 35.5. The van der Waals surface area contributed by atoms with E-state index in [1.807, 2.05) is 6.92 Å². The Morgan fingerprint density at radius 3 is 2.67 bits per heavy atom. The maximum atomic E-state index is 10.9. The highest BCUT2D eigenvalue weighted by Gasteiger charge is 2.07. The number of carbonyl (C=O) groups excluding carboxylic acids is 1. The molecule has 0 bridgehead atoms. The third-order valence-corrected chi connectivity index (χ3v) is 3.95. The first-order chi connectivity index (χ1) is 11.5. The molecule has 6 nitrogen and oxygen atoms in total. The number of aryl methyl sites for hydroxylation is 1. The first kappa shape index (κ1) is 18.3. The number of carbonyl (C=O) groups is 1. The number of aromatic nitrogens is 2. The molecule has 0 aliphatic carbocycles. The smallest absolute Gasteiger partial charge is 0.229 e. The van der Waals surface area contributed by atoms with Gasteiger partial charge in [-0.1, -0.05) is 30.1 Å². The number of amides is 1. The number of nitrogens with zero attached hydrogens (tertiary/aromatic N) is 2. The number of benzene rings is 1. The molecule has 0 atom stereocenters. The lowest BCUT2D eigenvalue weighted by molar-refractivity contribution is -0.118. The third-order valence-electron chi connectivity index (χ3n) is 3.21. The molecule has 128 valence electrons. The minimum atomic E-state index is -0.0582. The number of nitrogens with one attached hydrogen (secondary N) is 3. The van der Waals surface area contributed by atoms with Crippen LogP contribution in [-0.4, -0.2) is 29.0 Å². The van der Waals surface area contributed by atoms with Gasteiger partial charge in [-0.3, -0.25) is 4.79 Å². The van der Waals surface area contributed by atoms with Crippen molar-refractivity contribution in [2.24, 2.45) is 0 Å². The molecule has 24 heavy (non-hydrogen) atoms. The molecule has 1 aromatic carbocycles. The summed E-state index contributed by atoms with van der Waals surface area (Å²) in [4.78, 5) is 19.7. The molecular formula is C16H19Cl2N5O. The molecule has 2 aromatic rings. The Morgan fingerprint density at radius 1 is 1.21 bits per heavy atom. The molecule has 1 aromatic heterocycles. The first-order valence-corrected chi connectivity index (χ1v) is 8.31. The van der Waals surface area contributed by atoms with E-state index < -0.39 is 0 Å². The lowest BCUT2D eigenvalue weighted by Crippen LogP contribution is -2.26. The van der Waals surface area contributed by atoms with Gasteiger partial charge < -0.3 is 16.0 Å². The van der Waals surface area contributed by atoms with Crippen LogP contribution in [0.25, 0.3) is 0 Å². The predicted octanol–water partition coefficient (Wildman–Crippen LogP) is 3.64. The van der Waals surface area contributed by atoms with Crippen LogP contribution in [0.5, 0.6) is 0 Å². The summed E-state index contributed by atoms with van der Waals surface area (Å²) in [5.41, 5.74) is 1.75. The summed E-state index contributed by atoms with van der Waals surface area (Å²) in [6.45, 7) is 4.62. The second-order valence-corrected chi connectivity index (χ2v) is 5.90. The summed E-state index contributed by atoms with van der Waals surface area (Å²) in [5, 5.41) is 9.99. The molecule has 0 saturated heterocycles. The Kier molecular flexibility index (Phi) is 6.63. The Balaban J connectivity index is 2.09. The zero-order chi connectivity index (χ0) is 17.5. The molecule has 1 amide bonds. The van der Waals surface area contributed by atoms with Crippen LogP contribution < -0.4 is 16.0 Å². The average molecular weight is 368 g/mol. The molecule has 8 heteroatoms. The monoisotopic (exact) mass is 367 g/mol. The topological polar surface area (TPSA) is 78.9 Å². The van der Waals surface area contributed by atoms with Crippen LogP contribution in [0, 0.1) is 0 Å². The quantitative estimate of drug-likeness (QED) is 0.651. The maximum absolute atomic E-state index is 10.9. The first-order valence-electron chi connectivity index (χ1n) is 7.56. The number of rotatable bonds is 7. The van der Waals surface area contributed by atoms with Crippen molar-refractivity contribution in [3.63, 3.8) is 0 Å². The summed E-state index contributed by atoms with van der Waals surface area (Å²) in [5.74, 6) is 1.13. The van der Waals surface area contributed by atoms with Gasteiger partial charge in [0.1, 0.15) is 5.82 Å². The van der Waals surface area contributed by atoms with Crippen molar-refractivity contribution in [2.75, 3.05) is 23.7 Å². The van der Waals surface area contributed by atoms with Crippen molar-refractivity contribution in [1.29, 1.82) is 0 Å². The van der Waals surface area contributed by atoms with E-state index in [-0.39, 0.29) is 5.91 Å².